The van der Waals surface area contributed by atoms with Crippen LogP contribution in [0.2, 0.25) is 0 Å². The maximum absolute atomic E-state index is 12.7. The molecule has 0 unspecified atom stereocenters. The van der Waals surface area contributed by atoms with Crippen molar-refractivity contribution in [3.63, 3.8) is 0 Å². The Labute approximate surface area is 199 Å². The summed E-state index contributed by atoms with van der Waals surface area (Å²) in [5.41, 5.74) is 0.708. The van der Waals surface area contributed by atoms with E-state index in [4.69, 9.17) is 4.42 Å². The van der Waals surface area contributed by atoms with E-state index in [0.717, 1.165) is 9.37 Å². The second-order valence-electron chi connectivity index (χ2n) is 6.80. The molecule has 0 radical (unpaired) electrons. The van der Waals surface area contributed by atoms with Crippen LogP contribution in [-0.2, 0) is 9.59 Å². The number of benzene rings is 2. The molecule has 0 saturated carbocycles. The van der Waals surface area contributed by atoms with E-state index in [2.05, 4.69) is 21.2 Å². The molecule has 2 heterocycles. The van der Waals surface area contributed by atoms with Crippen molar-refractivity contribution in [1.82, 2.24) is 4.90 Å². The molecule has 3 aromatic rings. The molecule has 11 heteroatoms. The number of nitrogens with one attached hydrogen (secondary N) is 1. The highest BCUT2D eigenvalue weighted by atomic mass is 79.9. The van der Waals surface area contributed by atoms with E-state index in [1.165, 1.54) is 12.1 Å². The first-order valence-corrected chi connectivity index (χ1v) is 11.1. The second kappa shape index (κ2) is 9.43. The molecule has 3 amide bonds. The Hall–Kier alpha value is -3.70. The van der Waals surface area contributed by atoms with Gasteiger partial charge in [0.25, 0.3) is 16.8 Å². The Balaban J connectivity index is 1.48. The topological polar surface area (TPSA) is 123 Å². The van der Waals surface area contributed by atoms with Gasteiger partial charge in [0.2, 0.25) is 5.91 Å². The Morgan fingerprint density at radius 2 is 1.85 bits per heavy atom. The number of furan rings is 1. The summed E-state index contributed by atoms with van der Waals surface area (Å²) in [7, 11) is 0. The number of amides is 3. The van der Waals surface area contributed by atoms with Gasteiger partial charge in [-0.15, -0.1) is 0 Å². The van der Waals surface area contributed by atoms with Crippen LogP contribution in [0.15, 0.2) is 74.5 Å². The van der Waals surface area contributed by atoms with Crippen molar-refractivity contribution >= 4 is 62.2 Å². The van der Waals surface area contributed by atoms with Crippen LogP contribution in [0.4, 0.5) is 16.2 Å². The van der Waals surface area contributed by atoms with Gasteiger partial charge >= 0.3 is 0 Å². The third-order valence-electron chi connectivity index (χ3n) is 4.57. The number of imide groups is 1. The van der Waals surface area contributed by atoms with E-state index in [1.807, 2.05) is 0 Å². The maximum atomic E-state index is 12.7. The van der Waals surface area contributed by atoms with E-state index in [-0.39, 0.29) is 22.1 Å². The molecule has 1 saturated heterocycles. The number of nitro benzene ring substituents is 1. The SMILES string of the molecule is O=C(CN1C(=O)S/C(=C/c2ccc(-c3ccccc3[N+](=O)[O-])o2)C1=O)Nc1ccc(Br)cc1. The first-order chi connectivity index (χ1) is 15.8. The number of hydrogen-bond donors (Lipinski definition) is 1. The number of nitro groups is 1. The van der Waals surface area contributed by atoms with Crippen LogP contribution in [0.1, 0.15) is 5.76 Å². The summed E-state index contributed by atoms with van der Waals surface area (Å²) in [4.78, 5) is 48.9. The van der Waals surface area contributed by atoms with Crippen molar-refractivity contribution in [3.05, 3.63) is 85.9 Å². The van der Waals surface area contributed by atoms with Gasteiger partial charge in [0.15, 0.2) is 0 Å². The molecular formula is C22H14BrN3O6S. The molecule has 1 aliphatic rings. The van der Waals surface area contributed by atoms with Gasteiger partial charge < -0.3 is 9.73 Å². The average Bonchev–Trinajstić information content (AvgIpc) is 3.35. The lowest BCUT2D eigenvalue weighted by atomic mass is 10.1. The monoisotopic (exact) mass is 527 g/mol. The van der Waals surface area contributed by atoms with Crippen LogP contribution in [0.25, 0.3) is 17.4 Å². The molecule has 9 nitrogen and oxygen atoms in total. The van der Waals surface area contributed by atoms with Gasteiger partial charge in [-0.1, -0.05) is 28.1 Å². The molecule has 1 fully saturated rings. The number of halogens is 1. The van der Waals surface area contributed by atoms with Crippen LogP contribution >= 0.6 is 27.7 Å². The first-order valence-electron chi connectivity index (χ1n) is 9.46. The standard InChI is InChI=1S/C22H14BrN3O6S/c23-13-5-7-14(8-6-13)24-20(27)12-25-21(28)19(33-22(25)29)11-15-9-10-18(32-15)16-3-1-2-4-17(16)26(30)31/h1-11H,12H2,(H,24,27)/b19-11+. The molecule has 0 spiro atoms. The van der Waals surface area contributed by atoms with Gasteiger partial charge in [-0.05, 0) is 54.2 Å². The normalized spacial score (nSPS) is 14.7. The van der Waals surface area contributed by atoms with E-state index in [0.29, 0.717) is 23.0 Å². The maximum Gasteiger partial charge on any atom is 0.294 e. The first kappa shape index (κ1) is 22.5. The summed E-state index contributed by atoms with van der Waals surface area (Å²) >= 11 is 3.98. The largest absolute Gasteiger partial charge is 0.456 e. The van der Waals surface area contributed by atoms with Gasteiger partial charge in [-0.2, -0.15) is 0 Å². The number of carbonyl (C=O) groups excluding carboxylic acids is 3. The number of carbonyl (C=O) groups is 3. The van der Waals surface area contributed by atoms with Gasteiger partial charge in [0, 0.05) is 22.3 Å². The fourth-order valence-electron chi connectivity index (χ4n) is 3.06. The van der Waals surface area contributed by atoms with Crippen molar-refractivity contribution in [3.8, 4) is 11.3 Å². The highest BCUT2D eigenvalue weighted by Crippen LogP contribution is 2.35. The quantitative estimate of drug-likeness (QED) is 0.262. The third-order valence-corrected chi connectivity index (χ3v) is 6.01. The molecule has 33 heavy (non-hydrogen) atoms. The highest BCUT2D eigenvalue weighted by molar-refractivity contribution is 9.10. The van der Waals surface area contributed by atoms with Gasteiger partial charge in [-0.25, -0.2) is 0 Å². The number of rotatable bonds is 6. The van der Waals surface area contributed by atoms with Crippen molar-refractivity contribution in [2.45, 2.75) is 0 Å². The number of para-hydroxylation sites is 1. The average molecular weight is 528 g/mol. The zero-order chi connectivity index (χ0) is 23.5. The fraction of sp³-hybridized carbons (Fsp3) is 0.0455. The van der Waals surface area contributed by atoms with E-state index >= 15 is 0 Å². The Kier molecular flexibility index (Phi) is 6.43. The smallest absolute Gasteiger partial charge is 0.294 e. The molecule has 0 atom stereocenters. The zero-order valence-corrected chi connectivity index (χ0v) is 19.1. The molecule has 4 rings (SSSR count). The minimum Gasteiger partial charge on any atom is -0.456 e. The lowest BCUT2D eigenvalue weighted by Gasteiger charge is -2.12. The number of nitrogens with zero attached hydrogens (tertiary/aromatic N) is 2. The van der Waals surface area contributed by atoms with E-state index in [1.54, 1.807) is 54.6 Å². The Bertz CT molecular complexity index is 1300. The van der Waals surface area contributed by atoms with Gasteiger partial charge in [-0.3, -0.25) is 29.4 Å². The Morgan fingerprint density at radius 3 is 2.58 bits per heavy atom. The lowest BCUT2D eigenvalue weighted by molar-refractivity contribution is -0.384. The van der Waals surface area contributed by atoms with Gasteiger partial charge in [0.1, 0.15) is 18.1 Å². The van der Waals surface area contributed by atoms with Crippen LogP contribution in [0.3, 0.4) is 0 Å². The number of anilines is 1. The van der Waals surface area contributed by atoms with Crippen molar-refractivity contribution in [2.75, 3.05) is 11.9 Å². The predicted molar refractivity (Wildman–Crippen MR) is 126 cm³/mol. The number of thioether (sulfide) groups is 1. The molecule has 1 aliphatic heterocycles. The van der Waals surface area contributed by atoms with Gasteiger partial charge in [0.05, 0.1) is 15.4 Å². The summed E-state index contributed by atoms with van der Waals surface area (Å²) in [6, 6.07) is 16.1. The second-order valence-corrected chi connectivity index (χ2v) is 8.71. The summed E-state index contributed by atoms with van der Waals surface area (Å²) in [6.45, 7) is -0.433. The van der Waals surface area contributed by atoms with Crippen LogP contribution < -0.4 is 5.32 Å². The lowest BCUT2D eigenvalue weighted by Crippen LogP contribution is -2.36. The Morgan fingerprint density at radius 1 is 1.12 bits per heavy atom. The highest BCUT2D eigenvalue weighted by Gasteiger charge is 2.36. The number of hydrogen-bond acceptors (Lipinski definition) is 7. The summed E-state index contributed by atoms with van der Waals surface area (Å²) in [5, 5.41) is 13.3. The van der Waals surface area contributed by atoms with Crippen LogP contribution in [0.5, 0.6) is 0 Å². The molecule has 0 aliphatic carbocycles. The molecule has 1 aromatic heterocycles. The predicted octanol–water partition coefficient (Wildman–Crippen LogP) is 5.29. The minimum absolute atomic E-state index is 0.0832. The van der Waals surface area contributed by atoms with Crippen LogP contribution in [-0.4, -0.2) is 33.4 Å². The van der Waals surface area contributed by atoms with Crippen molar-refractivity contribution < 1.29 is 23.7 Å². The zero-order valence-electron chi connectivity index (χ0n) is 16.7. The van der Waals surface area contributed by atoms with Crippen molar-refractivity contribution in [1.29, 1.82) is 0 Å². The van der Waals surface area contributed by atoms with E-state index < -0.39 is 28.5 Å². The fourth-order valence-corrected chi connectivity index (χ4v) is 4.14. The summed E-state index contributed by atoms with van der Waals surface area (Å²) in [5.74, 6) is -0.647. The third kappa shape index (κ3) is 5.04. The molecule has 1 N–H and O–H groups in total. The van der Waals surface area contributed by atoms with Crippen LogP contribution in [0, 0.1) is 10.1 Å². The van der Waals surface area contributed by atoms with E-state index in [9.17, 15) is 24.5 Å². The molecular weight excluding hydrogens is 514 g/mol. The minimum atomic E-state index is -0.625. The summed E-state index contributed by atoms with van der Waals surface area (Å²) < 4.78 is 6.50. The molecule has 2 aromatic carbocycles. The van der Waals surface area contributed by atoms with Crippen molar-refractivity contribution in [2.24, 2.45) is 0 Å². The molecule has 0 bridgehead atoms. The summed E-state index contributed by atoms with van der Waals surface area (Å²) in [6.07, 6.45) is 1.37. The molecule has 166 valence electrons.